The molecule has 0 aromatic carbocycles. The topological polar surface area (TPSA) is 84.7 Å². The summed E-state index contributed by atoms with van der Waals surface area (Å²) in [6.45, 7) is 1.37. The second-order valence-corrected chi connectivity index (χ2v) is 4.65. The largest absolute Gasteiger partial charge is 0.465 e. The Morgan fingerprint density at radius 2 is 2.28 bits per heavy atom. The Morgan fingerprint density at radius 1 is 1.56 bits per heavy atom. The Labute approximate surface area is 110 Å². The molecule has 0 fully saturated rings. The van der Waals surface area contributed by atoms with Gasteiger partial charge in [-0.25, -0.2) is 4.79 Å². The molecule has 6 nitrogen and oxygen atoms in total. The normalized spacial score (nSPS) is 10.4. The first-order valence-electron chi connectivity index (χ1n) is 5.42. The number of likely N-dealkylation sites (N-methyl/N-ethyl adjacent to an activating group) is 1. The van der Waals surface area contributed by atoms with Gasteiger partial charge in [0.05, 0.1) is 19.3 Å². The Hall–Kier alpha value is -1.44. The summed E-state index contributed by atoms with van der Waals surface area (Å²) in [5.41, 5.74) is 5.87. The monoisotopic (exact) mass is 271 g/mol. The highest BCUT2D eigenvalue weighted by Gasteiger charge is 2.15. The van der Waals surface area contributed by atoms with Crippen LogP contribution in [0.15, 0.2) is 11.4 Å². The van der Waals surface area contributed by atoms with Crippen molar-refractivity contribution in [2.24, 2.45) is 5.73 Å². The molecule has 0 saturated carbocycles. The number of esters is 1. The molecule has 3 N–H and O–H groups in total. The van der Waals surface area contributed by atoms with E-state index in [1.807, 2.05) is 0 Å². The average molecular weight is 271 g/mol. The molecule has 18 heavy (non-hydrogen) atoms. The number of ether oxygens (including phenoxy) is 1. The summed E-state index contributed by atoms with van der Waals surface area (Å²) in [6, 6.07) is 1.68. The number of nitrogens with two attached hydrogens (primary N) is 1. The summed E-state index contributed by atoms with van der Waals surface area (Å²) in [4.78, 5) is 25.3. The third-order valence-corrected chi connectivity index (χ3v) is 3.13. The Morgan fingerprint density at radius 3 is 2.89 bits per heavy atom. The fourth-order valence-corrected chi connectivity index (χ4v) is 2.16. The van der Waals surface area contributed by atoms with Gasteiger partial charge in [-0.1, -0.05) is 0 Å². The van der Waals surface area contributed by atoms with Gasteiger partial charge in [0.25, 0.3) is 0 Å². The SMILES string of the molecule is COC(=O)c1sccc1NC(=O)CN(C)CCN. The van der Waals surface area contributed by atoms with E-state index in [2.05, 4.69) is 10.1 Å². The minimum Gasteiger partial charge on any atom is -0.465 e. The number of hydrogen-bond acceptors (Lipinski definition) is 6. The van der Waals surface area contributed by atoms with Crippen LogP contribution >= 0.6 is 11.3 Å². The maximum Gasteiger partial charge on any atom is 0.350 e. The number of nitrogens with one attached hydrogen (secondary N) is 1. The van der Waals surface area contributed by atoms with Crippen LogP contribution in [0.3, 0.4) is 0 Å². The fourth-order valence-electron chi connectivity index (χ4n) is 1.39. The van der Waals surface area contributed by atoms with E-state index in [4.69, 9.17) is 5.73 Å². The minimum absolute atomic E-state index is 0.186. The van der Waals surface area contributed by atoms with Crippen molar-refractivity contribution in [1.29, 1.82) is 0 Å². The summed E-state index contributed by atoms with van der Waals surface area (Å²) >= 11 is 1.23. The Balaban J connectivity index is 2.59. The lowest BCUT2D eigenvalue weighted by Crippen LogP contribution is -2.33. The molecule has 7 heteroatoms. The van der Waals surface area contributed by atoms with Crippen molar-refractivity contribution in [2.45, 2.75) is 0 Å². The quantitative estimate of drug-likeness (QED) is 0.730. The first-order chi connectivity index (χ1) is 8.58. The van der Waals surface area contributed by atoms with Gasteiger partial charge in [-0.05, 0) is 18.5 Å². The molecule has 0 radical (unpaired) electrons. The predicted molar refractivity (Wildman–Crippen MR) is 70.8 cm³/mol. The zero-order chi connectivity index (χ0) is 13.5. The van der Waals surface area contributed by atoms with Crippen molar-refractivity contribution in [3.05, 3.63) is 16.3 Å². The van der Waals surface area contributed by atoms with Gasteiger partial charge in [0.2, 0.25) is 5.91 Å². The van der Waals surface area contributed by atoms with Gasteiger partial charge >= 0.3 is 5.97 Å². The van der Waals surface area contributed by atoms with Crippen LogP contribution in [0.4, 0.5) is 5.69 Å². The van der Waals surface area contributed by atoms with Crippen LogP contribution in [0.2, 0.25) is 0 Å². The number of carbonyl (C=O) groups excluding carboxylic acids is 2. The van der Waals surface area contributed by atoms with Crippen LogP contribution in [0, 0.1) is 0 Å². The molecule has 1 aromatic rings. The number of methoxy groups -OCH3 is 1. The van der Waals surface area contributed by atoms with E-state index in [0.717, 1.165) is 0 Å². The third kappa shape index (κ3) is 4.10. The highest BCUT2D eigenvalue weighted by molar-refractivity contribution is 7.12. The fraction of sp³-hybridized carbons (Fsp3) is 0.455. The summed E-state index contributed by atoms with van der Waals surface area (Å²) in [7, 11) is 3.12. The van der Waals surface area contributed by atoms with E-state index in [1.54, 1.807) is 23.4 Å². The summed E-state index contributed by atoms with van der Waals surface area (Å²) in [6.07, 6.45) is 0. The Bertz CT molecular complexity index is 419. The lowest BCUT2D eigenvalue weighted by atomic mass is 10.3. The molecular formula is C11H17N3O3S. The van der Waals surface area contributed by atoms with Crippen molar-refractivity contribution < 1.29 is 14.3 Å². The van der Waals surface area contributed by atoms with Crippen molar-refractivity contribution in [2.75, 3.05) is 39.1 Å². The highest BCUT2D eigenvalue weighted by Crippen LogP contribution is 2.22. The molecule has 0 spiro atoms. The smallest absolute Gasteiger partial charge is 0.350 e. The molecular weight excluding hydrogens is 254 g/mol. The van der Waals surface area contributed by atoms with Crippen molar-refractivity contribution in [3.8, 4) is 0 Å². The number of carbonyl (C=O) groups is 2. The van der Waals surface area contributed by atoms with Gasteiger partial charge in [0, 0.05) is 13.1 Å². The zero-order valence-corrected chi connectivity index (χ0v) is 11.3. The molecule has 0 aliphatic heterocycles. The molecule has 1 amide bonds. The summed E-state index contributed by atoms with van der Waals surface area (Å²) in [5, 5.41) is 4.41. The molecule has 0 bridgehead atoms. The van der Waals surface area contributed by atoms with Crippen molar-refractivity contribution in [1.82, 2.24) is 4.90 Å². The maximum atomic E-state index is 11.7. The van der Waals surface area contributed by atoms with E-state index in [0.29, 0.717) is 23.7 Å². The summed E-state index contributed by atoms with van der Waals surface area (Å²) in [5.74, 6) is -0.634. The number of anilines is 1. The Kier molecular flexibility index (Phi) is 5.76. The number of thiophene rings is 1. The van der Waals surface area contributed by atoms with Gasteiger partial charge < -0.3 is 15.8 Å². The lowest BCUT2D eigenvalue weighted by molar-refractivity contribution is -0.117. The molecule has 1 aromatic heterocycles. The van der Waals surface area contributed by atoms with Crippen molar-refractivity contribution >= 4 is 28.9 Å². The average Bonchev–Trinajstić information content (AvgIpc) is 2.76. The summed E-state index contributed by atoms with van der Waals surface area (Å²) < 4.78 is 4.63. The first kappa shape index (κ1) is 14.6. The minimum atomic E-state index is -0.449. The van der Waals surface area contributed by atoms with Crippen LogP contribution in [-0.4, -0.2) is 50.6 Å². The molecule has 1 heterocycles. The zero-order valence-electron chi connectivity index (χ0n) is 10.4. The molecule has 1 rings (SSSR count). The van der Waals surface area contributed by atoms with Crippen LogP contribution in [0.25, 0.3) is 0 Å². The predicted octanol–water partition coefficient (Wildman–Crippen LogP) is 0.364. The van der Waals surface area contributed by atoms with E-state index >= 15 is 0 Å². The van der Waals surface area contributed by atoms with E-state index in [-0.39, 0.29) is 12.5 Å². The highest BCUT2D eigenvalue weighted by atomic mass is 32.1. The molecule has 0 saturated heterocycles. The standard InChI is InChI=1S/C11H17N3O3S/c1-14(5-4-12)7-9(15)13-8-3-6-18-10(8)11(16)17-2/h3,6H,4-5,7,12H2,1-2H3,(H,13,15). The molecule has 0 atom stereocenters. The number of nitrogens with zero attached hydrogens (tertiary/aromatic N) is 1. The van der Waals surface area contributed by atoms with Gasteiger partial charge in [-0.3, -0.25) is 9.69 Å². The molecule has 0 unspecified atom stereocenters. The van der Waals surface area contributed by atoms with Gasteiger partial charge in [-0.2, -0.15) is 0 Å². The van der Waals surface area contributed by atoms with Crippen LogP contribution in [0.1, 0.15) is 9.67 Å². The van der Waals surface area contributed by atoms with E-state index < -0.39 is 5.97 Å². The van der Waals surface area contributed by atoms with E-state index in [9.17, 15) is 9.59 Å². The van der Waals surface area contributed by atoms with Gasteiger partial charge in [-0.15, -0.1) is 11.3 Å². The second kappa shape index (κ2) is 7.10. The number of rotatable bonds is 6. The van der Waals surface area contributed by atoms with Crippen LogP contribution < -0.4 is 11.1 Å². The van der Waals surface area contributed by atoms with Gasteiger partial charge in [0.15, 0.2) is 0 Å². The van der Waals surface area contributed by atoms with Gasteiger partial charge in [0.1, 0.15) is 4.88 Å². The first-order valence-corrected chi connectivity index (χ1v) is 6.30. The second-order valence-electron chi connectivity index (χ2n) is 3.73. The lowest BCUT2D eigenvalue weighted by Gasteiger charge is -2.14. The van der Waals surface area contributed by atoms with Crippen LogP contribution in [0.5, 0.6) is 0 Å². The number of hydrogen-bond donors (Lipinski definition) is 2. The third-order valence-electron chi connectivity index (χ3n) is 2.23. The molecule has 0 aliphatic rings. The van der Waals surface area contributed by atoms with E-state index in [1.165, 1.54) is 18.4 Å². The van der Waals surface area contributed by atoms with Crippen molar-refractivity contribution in [3.63, 3.8) is 0 Å². The van der Waals surface area contributed by atoms with Crippen LogP contribution in [-0.2, 0) is 9.53 Å². The molecule has 0 aliphatic carbocycles. The maximum absolute atomic E-state index is 11.7. The number of amides is 1. The molecule has 100 valence electrons.